The lowest BCUT2D eigenvalue weighted by molar-refractivity contribution is -0.0779. The summed E-state index contributed by atoms with van der Waals surface area (Å²) >= 11 is 0. The number of hydrogen-bond acceptors (Lipinski definition) is 5. The fraction of sp³-hybridized carbons (Fsp3) is 0.600. The molecule has 1 aliphatic rings. The van der Waals surface area contributed by atoms with Crippen molar-refractivity contribution in [2.45, 2.75) is 39.4 Å². The van der Waals surface area contributed by atoms with Gasteiger partial charge in [0.1, 0.15) is 11.5 Å². The molecule has 0 radical (unpaired) electrons. The van der Waals surface area contributed by atoms with Crippen LogP contribution in [0.5, 0.6) is 11.5 Å². The second kappa shape index (κ2) is 6.06. The van der Waals surface area contributed by atoms with Crippen molar-refractivity contribution in [1.82, 2.24) is 4.31 Å². The SMILES string of the molecule is CCN(CC)S(=O)(=O)Oc1ccc2c(c1)C(C)(C)C(OC)O2. The third kappa shape index (κ3) is 2.93. The van der Waals surface area contributed by atoms with Crippen molar-refractivity contribution < 1.29 is 22.1 Å². The number of rotatable bonds is 6. The zero-order chi connectivity index (χ0) is 16.5. The van der Waals surface area contributed by atoms with E-state index < -0.39 is 16.6 Å². The van der Waals surface area contributed by atoms with E-state index in [4.69, 9.17) is 13.7 Å². The van der Waals surface area contributed by atoms with Crippen molar-refractivity contribution in [3.8, 4) is 11.5 Å². The highest BCUT2D eigenvalue weighted by atomic mass is 32.2. The lowest BCUT2D eigenvalue weighted by Crippen LogP contribution is -2.34. The molecule has 0 aromatic heterocycles. The average molecular weight is 329 g/mol. The Hall–Kier alpha value is -1.31. The molecule has 0 amide bonds. The second-order valence-electron chi connectivity index (χ2n) is 5.69. The highest BCUT2D eigenvalue weighted by molar-refractivity contribution is 7.84. The molecule has 0 bridgehead atoms. The zero-order valence-corrected chi connectivity index (χ0v) is 14.4. The number of ether oxygens (including phenoxy) is 2. The topological polar surface area (TPSA) is 65.1 Å². The monoisotopic (exact) mass is 329 g/mol. The maximum atomic E-state index is 12.2. The van der Waals surface area contributed by atoms with Gasteiger partial charge in [-0.1, -0.05) is 13.8 Å². The van der Waals surface area contributed by atoms with E-state index in [1.54, 1.807) is 39.2 Å². The molecule has 1 aromatic carbocycles. The minimum absolute atomic E-state index is 0.277. The van der Waals surface area contributed by atoms with Gasteiger partial charge in [0.05, 0.1) is 5.41 Å². The van der Waals surface area contributed by atoms with Crippen LogP contribution >= 0.6 is 0 Å². The summed E-state index contributed by atoms with van der Waals surface area (Å²) < 4.78 is 41.9. The molecule has 22 heavy (non-hydrogen) atoms. The van der Waals surface area contributed by atoms with Gasteiger partial charge in [0, 0.05) is 25.8 Å². The highest BCUT2D eigenvalue weighted by Gasteiger charge is 2.42. The van der Waals surface area contributed by atoms with Gasteiger partial charge in [0.25, 0.3) is 0 Å². The lowest BCUT2D eigenvalue weighted by Gasteiger charge is -2.24. The first kappa shape index (κ1) is 17.1. The third-order valence-electron chi connectivity index (χ3n) is 3.91. The number of methoxy groups -OCH3 is 1. The Labute approximate surface area is 132 Å². The van der Waals surface area contributed by atoms with Crippen molar-refractivity contribution in [2.75, 3.05) is 20.2 Å². The third-order valence-corrected chi connectivity index (χ3v) is 5.46. The average Bonchev–Trinajstić information content (AvgIpc) is 2.70. The van der Waals surface area contributed by atoms with Crippen LogP contribution in [0.1, 0.15) is 33.3 Å². The molecule has 0 fully saturated rings. The smallest absolute Gasteiger partial charge is 0.385 e. The minimum Gasteiger partial charge on any atom is -0.464 e. The van der Waals surface area contributed by atoms with Gasteiger partial charge in [0.2, 0.25) is 6.29 Å². The molecule has 0 N–H and O–H groups in total. The van der Waals surface area contributed by atoms with E-state index in [0.717, 1.165) is 5.56 Å². The Morgan fingerprint density at radius 1 is 1.27 bits per heavy atom. The van der Waals surface area contributed by atoms with Gasteiger partial charge >= 0.3 is 10.3 Å². The fourth-order valence-electron chi connectivity index (χ4n) is 2.61. The van der Waals surface area contributed by atoms with E-state index in [0.29, 0.717) is 18.8 Å². The molecule has 1 aliphatic heterocycles. The molecule has 7 heteroatoms. The van der Waals surface area contributed by atoms with Gasteiger partial charge in [-0.05, 0) is 32.0 Å². The van der Waals surface area contributed by atoms with Crippen LogP contribution in [0, 0.1) is 0 Å². The van der Waals surface area contributed by atoms with Crippen LogP contribution < -0.4 is 8.92 Å². The summed E-state index contributed by atoms with van der Waals surface area (Å²) in [6, 6.07) is 5.01. The maximum absolute atomic E-state index is 12.2. The molecular formula is C15H23NO5S. The van der Waals surface area contributed by atoms with E-state index in [9.17, 15) is 8.42 Å². The summed E-state index contributed by atoms with van der Waals surface area (Å²) in [6.45, 7) is 8.24. The van der Waals surface area contributed by atoms with E-state index in [1.807, 2.05) is 13.8 Å². The van der Waals surface area contributed by atoms with Gasteiger partial charge < -0.3 is 13.7 Å². The lowest BCUT2D eigenvalue weighted by atomic mass is 9.85. The number of fused-ring (bicyclic) bond motifs is 1. The van der Waals surface area contributed by atoms with Crippen molar-refractivity contribution in [2.24, 2.45) is 0 Å². The van der Waals surface area contributed by atoms with Crippen LogP contribution in [0.3, 0.4) is 0 Å². The number of nitrogens with zero attached hydrogens (tertiary/aromatic N) is 1. The molecule has 6 nitrogen and oxygen atoms in total. The van der Waals surface area contributed by atoms with E-state index in [1.165, 1.54) is 4.31 Å². The van der Waals surface area contributed by atoms with E-state index >= 15 is 0 Å². The molecule has 0 aliphatic carbocycles. The molecule has 0 spiro atoms. The summed E-state index contributed by atoms with van der Waals surface area (Å²) in [5.41, 5.74) is 0.481. The van der Waals surface area contributed by atoms with Crippen molar-refractivity contribution in [3.05, 3.63) is 23.8 Å². The largest absolute Gasteiger partial charge is 0.464 e. The molecule has 0 saturated carbocycles. The molecule has 1 unspecified atom stereocenters. The van der Waals surface area contributed by atoms with E-state index in [-0.39, 0.29) is 11.2 Å². The molecule has 1 atom stereocenters. The Morgan fingerprint density at radius 2 is 1.91 bits per heavy atom. The summed E-state index contributed by atoms with van der Waals surface area (Å²) in [4.78, 5) is 0. The fourth-order valence-corrected chi connectivity index (χ4v) is 3.70. The summed E-state index contributed by atoms with van der Waals surface area (Å²) in [6.07, 6.45) is -0.405. The molecule has 124 valence electrons. The summed E-state index contributed by atoms with van der Waals surface area (Å²) in [7, 11) is -2.20. The number of benzene rings is 1. The Morgan fingerprint density at radius 3 is 2.45 bits per heavy atom. The minimum atomic E-state index is -3.79. The Kier molecular flexibility index (Phi) is 4.70. The molecular weight excluding hydrogens is 306 g/mol. The first-order valence-corrected chi connectivity index (χ1v) is 8.66. The standard InChI is InChI=1S/C15H23NO5S/c1-6-16(7-2)22(17,18)21-11-8-9-13-12(10-11)15(3,4)14(19-5)20-13/h8-10,14H,6-7H2,1-5H3. The van der Waals surface area contributed by atoms with Crippen molar-refractivity contribution in [1.29, 1.82) is 0 Å². The molecule has 1 aromatic rings. The predicted molar refractivity (Wildman–Crippen MR) is 83.4 cm³/mol. The second-order valence-corrected chi connectivity index (χ2v) is 7.23. The number of hydrogen-bond donors (Lipinski definition) is 0. The van der Waals surface area contributed by atoms with Gasteiger partial charge in [-0.3, -0.25) is 0 Å². The maximum Gasteiger partial charge on any atom is 0.385 e. The van der Waals surface area contributed by atoms with Gasteiger partial charge in [-0.25, -0.2) is 0 Å². The Balaban J connectivity index is 2.31. The summed E-state index contributed by atoms with van der Waals surface area (Å²) in [5.74, 6) is 0.962. The zero-order valence-electron chi connectivity index (χ0n) is 13.6. The van der Waals surface area contributed by atoms with Crippen LogP contribution in [0.25, 0.3) is 0 Å². The van der Waals surface area contributed by atoms with Crippen LogP contribution in [0.2, 0.25) is 0 Å². The van der Waals surface area contributed by atoms with Crippen molar-refractivity contribution in [3.63, 3.8) is 0 Å². The molecule has 1 heterocycles. The van der Waals surface area contributed by atoms with Crippen LogP contribution in [0.4, 0.5) is 0 Å². The Bertz CT molecular complexity index is 637. The molecule has 0 saturated heterocycles. The first-order valence-electron chi connectivity index (χ1n) is 7.29. The van der Waals surface area contributed by atoms with Gasteiger partial charge in [0.15, 0.2) is 0 Å². The van der Waals surface area contributed by atoms with Crippen molar-refractivity contribution >= 4 is 10.3 Å². The van der Waals surface area contributed by atoms with E-state index in [2.05, 4.69) is 0 Å². The summed E-state index contributed by atoms with van der Waals surface area (Å²) in [5, 5.41) is 0. The first-order chi connectivity index (χ1) is 10.3. The quantitative estimate of drug-likeness (QED) is 0.801. The van der Waals surface area contributed by atoms with Crippen LogP contribution in [-0.2, 0) is 20.5 Å². The molecule has 2 rings (SSSR count). The highest BCUT2D eigenvalue weighted by Crippen LogP contribution is 2.44. The predicted octanol–water partition coefficient (Wildman–Crippen LogP) is 2.29. The van der Waals surface area contributed by atoms with Gasteiger partial charge in [-0.2, -0.15) is 12.7 Å². The van der Waals surface area contributed by atoms with Crippen LogP contribution in [-0.4, -0.2) is 39.2 Å². The van der Waals surface area contributed by atoms with Gasteiger partial charge in [-0.15, -0.1) is 0 Å². The van der Waals surface area contributed by atoms with Crippen LogP contribution in [0.15, 0.2) is 18.2 Å². The normalized spacial score (nSPS) is 19.8.